The van der Waals surface area contributed by atoms with Crippen molar-refractivity contribution in [3.8, 4) is 0 Å². The minimum absolute atomic E-state index is 0.105. The van der Waals surface area contributed by atoms with E-state index in [4.69, 9.17) is 4.74 Å². The summed E-state index contributed by atoms with van der Waals surface area (Å²) in [5.41, 5.74) is 3.96. The normalized spacial score (nSPS) is 16.3. The van der Waals surface area contributed by atoms with Crippen LogP contribution in [0.4, 0.5) is 21.9 Å². The van der Waals surface area contributed by atoms with E-state index >= 15 is 0 Å². The molecule has 0 bridgehead atoms. The van der Waals surface area contributed by atoms with E-state index in [0.717, 1.165) is 82.1 Å². The van der Waals surface area contributed by atoms with Crippen LogP contribution in [-0.4, -0.2) is 69.3 Å². The van der Waals surface area contributed by atoms with Crippen molar-refractivity contribution in [3.05, 3.63) is 53.6 Å². The lowest BCUT2D eigenvalue weighted by Gasteiger charge is -2.26. The second kappa shape index (κ2) is 11.9. The molecule has 2 aliphatic heterocycles. The van der Waals surface area contributed by atoms with Crippen molar-refractivity contribution in [1.82, 2.24) is 10.2 Å². The van der Waals surface area contributed by atoms with Gasteiger partial charge in [0.2, 0.25) is 0 Å². The van der Waals surface area contributed by atoms with E-state index in [0.29, 0.717) is 17.8 Å². The molecule has 2 fully saturated rings. The average molecular weight is 466 g/mol. The summed E-state index contributed by atoms with van der Waals surface area (Å²) < 4.78 is 5.39. The molecule has 8 nitrogen and oxygen atoms in total. The standard InChI is InChI=1S/C26H35N5O3/c1-20-5-7-21(8-6-20)28-26(33)29-22-9-10-24(31-13-2-3-14-31)23(19-22)25(32)27-11-4-12-30-15-17-34-18-16-30/h5-10,19H,2-4,11-18H2,1H3,(H,27,32)(H2,28,29,33). The molecule has 0 aliphatic carbocycles. The quantitative estimate of drug-likeness (QED) is 0.518. The van der Waals surface area contributed by atoms with Gasteiger partial charge in [-0.2, -0.15) is 0 Å². The third-order valence-corrected chi connectivity index (χ3v) is 6.30. The molecule has 0 saturated carbocycles. The van der Waals surface area contributed by atoms with Crippen LogP contribution < -0.4 is 20.9 Å². The van der Waals surface area contributed by atoms with Crippen molar-refractivity contribution in [2.45, 2.75) is 26.2 Å². The van der Waals surface area contributed by atoms with Gasteiger partial charge in [-0.25, -0.2) is 4.79 Å². The van der Waals surface area contributed by atoms with Crippen LogP contribution in [0.3, 0.4) is 0 Å². The molecule has 0 spiro atoms. The summed E-state index contributed by atoms with van der Waals surface area (Å²) >= 11 is 0. The first-order chi connectivity index (χ1) is 16.6. The Balaban J connectivity index is 1.38. The van der Waals surface area contributed by atoms with Crippen LogP contribution in [0.2, 0.25) is 0 Å². The van der Waals surface area contributed by atoms with Gasteiger partial charge in [0.15, 0.2) is 0 Å². The van der Waals surface area contributed by atoms with Gasteiger partial charge < -0.3 is 25.6 Å². The second-order valence-corrected chi connectivity index (χ2v) is 8.93. The number of rotatable bonds is 8. The van der Waals surface area contributed by atoms with Gasteiger partial charge in [-0.15, -0.1) is 0 Å². The molecule has 2 aromatic rings. The zero-order valence-corrected chi connectivity index (χ0v) is 19.9. The van der Waals surface area contributed by atoms with Gasteiger partial charge in [-0.3, -0.25) is 9.69 Å². The van der Waals surface area contributed by atoms with E-state index < -0.39 is 0 Å². The van der Waals surface area contributed by atoms with Gasteiger partial charge in [0, 0.05) is 49.8 Å². The third kappa shape index (κ3) is 6.71. The number of benzene rings is 2. The Morgan fingerprint density at radius 1 is 0.912 bits per heavy atom. The van der Waals surface area contributed by atoms with E-state index in [-0.39, 0.29) is 11.9 Å². The van der Waals surface area contributed by atoms with Crippen LogP contribution >= 0.6 is 0 Å². The Hall–Kier alpha value is -3.10. The number of nitrogens with zero attached hydrogens (tertiary/aromatic N) is 2. The van der Waals surface area contributed by atoms with Crippen molar-refractivity contribution < 1.29 is 14.3 Å². The summed E-state index contributed by atoms with van der Waals surface area (Å²) in [6, 6.07) is 12.9. The number of ether oxygens (including phenoxy) is 1. The maximum Gasteiger partial charge on any atom is 0.323 e. The summed E-state index contributed by atoms with van der Waals surface area (Å²) in [5.74, 6) is -0.105. The molecule has 3 amide bonds. The fraction of sp³-hybridized carbons (Fsp3) is 0.462. The smallest absolute Gasteiger partial charge is 0.323 e. The van der Waals surface area contributed by atoms with Gasteiger partial charge in [-0.1, -0.05) is 17.7 Å². The first-order valence-electron chi connectivity index (χ1n) is 12.2. The number of aryl methyl sites for hydroxylation is 1. The Morgan fingerprint density at radius 2 is 1.59 bits per heavy atom. The molecule has 2 aliphatic rings. The van der Waals surface area contributed by atoms with Gasteiger partial charge in [0.1, 0.15) is 0 Å². The Morgan fingerprint density at radius 3 is 2.32 bits per heavy atom. The van der Waals surface area contributed by atoms with E-state index in [1.807, 2.05) is 43.3 Å². The maximum atomic E-state index is 13.1. The van der Waals surface area contributed by atoms with E-state index in [2.05, 4.69) is 25.8 Å². The number of anilines is 3. The molecule has 2 heterocycles. The maximum absolute atomic E-state index is 13.1. The molecule has 0 aromatic heterocycles. The van der Waals surface area contributed by atoms with E-state index in [1.165, 1.54) is 0 Å². The van der Waals surface area contributed by atoms with Crippen LogP contribution in [0.25, 0.3) is 0 Å². The molecule has 0 atom stereocenters. The lowest BCUT2D eigenvalue weighted by atomic mass is 10.1. The Kier molecular flexibility index (Phi) is 8.38. The second-order valence-electron chi connectivity index (χ2n) is 8.93. The molecule has 34 heavy (non-hydrogen) atoms. The number of morpholine rings is 1. The highest BCUT2D eigenvalue weighted by molar-refractivity contribution is 6.04. The number of urea groups is 1. The number of carbonyl (C=O) groups is 2. The topological polar surface area (TPSA) is 85.9 Å². The van der Waals surface area contributed by atoms with Gasteiger partial charge >= 0.3 is 6.03 Å². The van der Waals surface area contributed by atoms with E-state index in [1.54, 1.807) is 6.07 Å². The molecule has 182 valence electrons. The highest BCUT2D eigenvalue weighted by Crippen LogP contribution is 2.27. The lowest BCUT2D eigenvalue weighted by molar-refractivity contribution is 0.0374. The molecule has 3 N–H and O–H groups in total. The highest BCUT2D eigenvalue weighted by atomic mass is 16.5. The fourth-order valence-corrected chi connectivity index (χ4v) is 4.38. The van der Waals surface area contributed by atoms with Gasteiger partial charge in [-0.05, 0) is 63.1 Å². The highest BCUT2D eigenvalue weighted by Gasteiger charge is 2.20. The number of hydrogen-bond acceptors (Lipinski definition) is 5. The molecule has 0 radical (unpaired) electrons. The monoisotopic (exact) mass is 465 g/mol. The predicted octanol–water partition coefficient (Wildman–Crippen LogP) is 3.69. The summed E-state index contributed by atoms with van der Waals surface area (Å²) in [7, 11) is 0. The summed E-state index contributed by atoms with van der Waals surface area (Å²) in [4.78, 5) is 30.3. The van der Waals surface area contributed by atoms with E-state index in [9.17, 15) is 9.59 Å². The molecular weight excluding hydrogens is 430 g/mol. The Labute approximate surface area is 201 Å². The minimum Gasteiger partial charge on any atom is -0.379 e. The molecule has 4 rings (SSSR count). The molecule has 2 aromatic carbocycles. The van der Waals surface area contributed by atoms with Crippen LogP contribution in [0.1, 0.15) is 35.2 Å². The number of carbonyl (C=O) groups excluding carboxylic acids is 2. The van der Waals surface area contributed by atoms with Crippen LogP contribution in [-0.2, 0) is 4.74 Å². The third-order valence-electron chi connectivity index (χ3n) is 6.30. The minimum atomic E-state index is -0.338. The summed E-state index contributed by atoms with van der Waals surface area (Å²) in [6.07, 6.45) is 3.14. The van der Waals surface area contributed by atoms with Crippen molar-refractivity contribution in [2.75, 3.05) is 68.0 Å². The number of hydrogen-bond donors (Lipinski definition) is 3. The van der Waals surface area contributed by atoms with Crippen molar-refractivity contribution in [1.29, 1.82) is 0 Å². The molecule has 8 heteroatoms. The van der Waals surface area contributed by atoms with Crippen LogP contribution in [0.5, 0.6) is 0 Å². The van der Waals surface area contributed by atoms with Gasteiger partial charge in [0.05, 0.1) is 18.8 Å². The average Bonchev–Trinajstić information content (AvgIpc) is 3.38. The number of amides is 3. The predicted molar refractivity (Wildman–Crippen MR) is 136 cm³/mol. The first kappa shape index (κ1) is 24.0. The molecule has 2 saturated heterocycles. The van der Waals surface area contributed by atoms with Crippen molar-refractivity contribution in [3.63, 3.8) is 0 Å². The largest absolute Gasteiger partial charge is 0.379 e. The summed E-state index contributed by atoms with van der Waals surface area (Å²) in [6.45, 7) is 8.91. The SMILES string of the molecule is Cc1ccc(NC(=O)Nc2ccc(N3CCCC3)c(C(=O)NCCCN3CCOCC3)c2)cc1. The van der Waals surface area contributed by atoms with Crippen LogP contribution in [0, 0.1) is 6.92 Å². The molecule has 0 unspecified atom stereocenters. The Bertz CT molecular complexity index is 967. The van der Waals surface area contributed by atoms with Gasteiger partial charge in [0.25, 0.3) is 5.91 Å². The lowest BCUT2D eigenvalue weighted by Crippen LogP contribution is -2.38. The fourth-order valence-electron chi connectivity index (χ4n) is 4.38. The van der Waals surface area contributed by atoms with Crippen molar-refractivity contribution in [2.24, 2.45) is 0 Å². The summed E-state index contributed by atoms with van der Waals surface area (Å²) in [5, 5.41) is 8.77. The number of nitrogens with one attached hydrogen (secondary N) is 3. The zero-order chi connectivity index (χ0) is 23.8. The van der Waals surface area contributed by atoms with Crippen molar-refractivity contribution >= 4 is 29.0 Å². The zero-order valence-electron chi connectivity index (χ0n) is 19.9. The van der Waals surface area contributed by atoms with Crippen LogP contribution in [0.15, 0.2) is 42.5 Å². The first-order valence-corrected chi connectivity index (χ1v) is 12.2. The molecular formula is C26H35N5O3.